The summed E-state index contributed by atoms with van der Waals surface area (Å²) in [7, 11) is 1.49. The molecule has 2 saturated heterocycles. The summed E-state index contributed by atoms with van der Waals surface area (Å²) in [6.07, 6.45) is 6.25. The molecule has 3 rings (SSSR count). The molecule has 3 aliphatic rings. The van der Waals surface area contributed by atoms with Crippen molar-refractivity contribution in [2.75, 3.05) is 40.0 Å². The van der Waals surface area contributed by atoms with Gasteiger partial charge in [0.2, 0.25) is 0 Å². The van der Waals surface area contributed by atoms with Gasteiger partial charge in [-0.3, -0.25) is 4.79 Å². The number of ether oxygens (including phenoxy) is 3. The third-order valence-corrected chi connectivity index (χ3v) is 5.33. The highest BCUT2D eigenvalue weighted by molar-refractivity contribution is 5.72. The molecule has 0 aromatic heterocycles. The Labute approximate surface area is 126 Å². The molecule has 0 amide bonds. The van der Waals surface area contributed by atoms with Crippen molar-refractivity contribution in [1.29, 1.82) is 0 Å². The van der Waals surface area contributed by atoms with Gasteiger partial charge in [0, 0.05) is 32.5 Å². The zero-order chi connectivity index (χ0) is 14.7. The lowest BCUT2D eigenvalue weighted by Gasteiger charge is -2.39. The number of carbonyl (C=O) groups excluding carboxylic acids is 1. The van der Waals surface area contributed by atoms with Crippen molar-refractivity contribution in [2.24, 2.45) is 11.8 Å². The number of hydrogen-bond acceptors (Lipinski definition) is 5. The molecule has 3 fully saturated rings. The molecular formula is C16H27NO4. The Morgan fingerprint density at radius 1 is 1.14 bits per heavy atom. The van der Waals surface area contributed by atoms with E-state index in [-0.39, 0.29) is 17.7 Å². The van der Waals surface area contributed by atoms with E-state index in [0.29, 0.717) is 0 Å². The number of piperidine rings is 1. The second kappa shape index (κ2) is 6.63. The van der Waals surface area contributed by atoms with Crippen LogP contribution in [0.1, 0.15) is 38.5 Å². The minimum absolute atomic E-state index is 0.0242. The second-order valence-electron chi connectivity index (χ2n) is 6.65. The zero-order valence-electron chi connectivity index (χ0n) is 13.0. The first-order chi connectivity index (χ1) is 10.2. The Morgan fingerprint density at radius 3 is 2.33 bits per heavy atom. The first-order valence-corrected chi connectivity index (χ1v) is 8.29. The molecule has 0 N–H and O–H groups in total. The lowest BCUT2D eigenvalue weighted by Crippen LogP contribution is -2.46. The Morgan fingerprint density at radius 2 is 1.76 bits per heavy atom. The zero-order valence-corrected chi connectivity index (χ0v) is 13.0. The van der Waals surface area contributed by atoms with Crippen LogP contribution in [0.5, 0.6) is 0 Å². The van der Waals surface area contributed by atoms with Crippen LogP contribution in [0.4, 0.5) is 0 Å². The molecule has 2 heterocycles. The largest absolute Gasteiger partial charge is 0.469 e. The topological polar surface area (TPSA) is 48.0 Å². The standard InChI is InChI=1S/C16H27NO4/c1-19-15(18)14-4-2-13(3-5-14)12-17-8-6-16(7-9-17)20-10-11-21-16/h13-14H,2-12H2,1H3. The Kier molecular flexibility index (Phi) is 4.82. The maximum absolute atomic E-state index is 11.5. The maximum Gasteiger partial charge on any atom is 0.308 e. The molecule has 5 heteroatoms. The van der Waals surface area contributed by atoms with Gasteiger partial charge in [-0.1, -0.05) is 0 Å². The molecular weight excluding hydrogens is 270 g/mol. The fourth-order valence-corrected chi connectivity index (χ4v) is 3.97. The first kappa shape index (κ1) is 15.3. The van der Waals surface area contributed by atoms with E-state index in [1.165, 1.54) is 7.11 Å². The van der Waals surface area contributed by atoms with Gasteiger partial charge >= 0.3 is 5.97 Å². The monoisotopic (exact) mass is 297 g/mol. The van der Waals surface area contributed by atoms with Crippen molar-refractivity contribution >= 4 is 5.97 Å². The number of esters is 1. The summed E-state index contributed by atoms with van der Waals surface area (Å²) in [5.41, 5.74) is 0. The van der Waals surface area contributed by atoms with E-state index in [9.17, 15) is 4.79 Å². The van der Waals surface area contributed by atoms with E-state index in [2.05, 4.69) is 4.90 Å². The molecule has 5 nitrogen and oxygen atoms in total. The molecule has 0 bridgehead atoms. The fraction of sp³-hybridized carbons (Fsp3) is 0.938. The Bertz CT molecular complexity index is 349. The average Bonchev–Trinajstić information content (AvgIpc) is 2.98. The highest BCUT2D eigenvalue weighted by Crippen LogP contribution is 2.34. The molecule has 0 radical (unpaired) electrons. The number of nitrogens with zero attached hydrogens (tertiary/aromatic N) is 1. The SMILES string of the molecule is COC(=O)C1CCC(CN2CCC3(CC2)OCCO3)CC1. The van der Waals surface area contributed by atoms with Gasteiger partial charge in [-0.15, -0.1) is 0 Å². The smallest absolute Gasteiger partial charge is 0.308 e. The molecule has 0 aromatic rings. The van der Waals surface area contributed by atoms with Crippen molar-refractivity contribution in [3.05, 3.63) is 0 Å². The van der Waals surface area contributed by atoms with Gasteiger partial charge in [0.05, 0.1) is 26.2 Å². The van der Waals surface area contributed by atoms with Crippen molar-refractivity contribution < 1.29 is 19.0 Å². The molecule has 1 saturated carbocycles. The summed E-state index contributed by atoms with van der Waals surface area (Å²) in [4.78, 5) is 14.1. The molecule has 120 valence electrons. The van der Waals surface area contributed by atoms with Gasteiger partial charge in [0.25, 0.3) is 0 Å². The molecule has 0 unspecified atom stereocenters. The van der Waals surface area contributed by atoms with Crippen LogP contribution in [0, 0.1) is 11.8 Å². The van der Waals surface area contributed by atoms with Crippen molar-refractivity contribution in [3.8, 4) is 0 Å². The third-order valence-electron chi connectivity index (χ3n) is 5.33. The number of methoxy groups -OCH3 is 1. The molecule has 2 aliphatic heterocycles. The van der Waals surface area contributed by atoms with E-state index >= 15 is 0 Å². The summed E-state index contributed by atoms with van der Waals surface area (Å²) in [5, 5.41) is 0. The Hall–Kier alpha value is -0.650. The van der Waals surface area contributed by atoms with Crippen LogP contribution in [0.15, 0.2) is 0 Å². The summed E-state index contributed by atoms with van der Waals surface area (Å²) in [5.74, 6) is 0.574. The van der Waals surface area contributed by atoms with Gasteiger partial charge in [0.15, 0.2) is 5.79 Å². The summed E-state index contributed by atoms with van der Waals surface area (Å²) >= 11 is 0. The highest BCUT2D eigenvalue weighted by atomic mass is 16.7. The van der Waals surface area contributed by atoms with E-state index in [4.69, 9.17) is 14.2 Å². The Balaban J connectivity index is 1.39. The minimum Gasteiger partial charge on any atom is -0.469 e. The first-order valence-electron chi connectivity index (χ1n) is 8.29. The summed E-state index contributed by atoms with van der Waals surface area (Å²) in [6.45, 7) is 4.78. The summed E-state index contributed by atoms with van der Waals surface area (Å²) in [6, 6.07) is 0. The molecule has 21 heavy (non-hydrogen) atoms. The van der Waals surface area contributed by atoms with Crippen LogP contribution in [-0.4, -0.2) is 56.6 Å². The molecule has 1 aliphatic carbocycles. The van der Waals surface area contributed by atoms with E-state index < -0.39 is 0 Å². The van der Waals surface area contributed by atoms with Crippen LogP contribution in [0.3, 0.4) is 0 Å². The van der Waals surface area contributed by atoms with Crippen molar-refractivity contribution in [3.63, 3.8) is 0 Å². The van der Waals surface area contributed by atoms with E-state index in [1.807, 2.05) is 0 Å². The fourth-order valence-electron chi connectivity index (χ4n) is 3.97. The average molecular weight is 297 g/mol. The van der Waals surface area contributed by atoms with Gasteiger partial charge in [-0.05, 0) is 31.6 Å². The van der Waals surface area contributed by atoms with Crippen LogP contribution in [0.25, 0.3) is 0 Å². The van der Waals surface area contributed by atoms with Crippen LogP contribution < -0.4 is 0 Å². The van der Waals surface area contributed by atoms with Crippen LogP contribution >= 0.6 is 0 Å². The number of carbonyl (C=O) groups is 1. The van der Waals surface area contributed by atoms with Crippen molar-refractivity contribution in [2.45, 2.75) is 44.3 Å². The maximum atomic E-state index is 11.5. The van der Waals surface area contributed by atoms with Crippen LogP contribution in [0.2, 0.25) is 0 Å². The van der Waals surface area contributed by atoms with Gasteiger partial charge in [0.1, 0.15) is 0 Å². The third kappa shape index (κ3) is 3.58. The predicted molar refractivity (Wildman–Crippen MR) is 77.8 cm³/mol. The molecule has 0 atom stereocenters. The molecule has 1 spiro atoms. The lowest BCUT2D eigenvalue weighted by atomic mass is 9.81. The highest BCUT2D eigenvalue weighted by Gasteiger charge is 2.40. The number of likely N-dealkylation sites (tertiary alicyclic amines) is 1. The lowest BCUT2D eigenvalue weighted by molar-refractivity contribution is -0.186. The van der Waals surface area contributed by atoms with Gasteiger partial charge in [-0.25, -0.2) is 0 Å². The quantitative estimate of drug-likeness (QED) is 0.744. The summed E-state index contributed by atoms with van der Waals surface area (Å²) < 4.78 is 16.4. The normalized spacial score (nSPS) is 33.2. The van der Waals surface area contributed by atoms with Crippen molar-refractivity contribution in [1.82, 2.24) is 4.90 Å². The molecule has 0 aromatic carbocycles. The van der Waals surface area contributed by atoms with Crippen LogP contribution in [-0.2, 0) is 19.0 Å². The van der Waals surface area contributed by atoms with E-state index in [0.717, 1.165) is 77.3 Å². The van der Waals surface area contributed by atoms with E-state index in [1.54, 1.807) is 0 Å². The number of hydrogen-bond donors (Lipinski definition) is 0. The predicted octanol–water partition coefficient (Wildman–Crippen LogP) is 1.80. The van der Waals surface area contributed by atoms with Gasteiger partial charge < -0.3 is 19.1 Å². The number of rotatable bonds is 3. The second-order valence-corrected chi connectivity index (χ2v) is 6.65. The minimum atomic E-state index is -0.265. The van der Waals surface area contributed by atoms with Gasteiger partial charge in [-0.2, -0.15) is 0 Å².